The summed E-state index contributed by atoms with van der Waals surface area (Å²) in [5.41, 5.74) is 1.60. The molecule has 0 bridgehead atoms. The first-order chi connectivity index (χ1) is 11.2. The second-order valence-corrected chi connectivity index (χ2v) is 5.63. The first-order valence-corrected chi connectivity index (χ1v) is 7.49. The lowest BCUT2D eigenvalue weighted by atomic mass is 10.1. The average molecular weight is 366 g/mol. The summed E-state index contributed by atoms with van der Waals surface area (Å²) < 4.78 is 33.6. The molecular weight excluding hydrogens is 351 g/mol. The fraction of sp³-hybridized carbons (Fsp3) is 0.429. The Kier molecular flexibility index (Phi) is 5.55. The molecule has 1 aliphatic rings. The summed E-state index contributed by atoms with van der Waals surface area (Å²) in [5, 5.41) is 11.0. The smallest absolute Gasteiger partial charge is 0.475 e. The lowest BCUT2D eigenvalue weighted by Gasteiger charge is -2.23. The van der Waals surface area contributed by atoms with Gasteiger partial charge in [0.1, 0.15) is 0 Å². The molecule has 0 spiro atoms. The Morgan fingerprint density at radius 3 is 2.42 bits per heavy atom. The standard InChI is InChI=1S/C12H14ClN3O.C2HF3O2/c13-9-2-1-3-10-11(9)15-12(17)16(10)8-4-6-14-7-5-8;3-2(4,5)1(6)7/h1-3,8,14H,4-7H2,(H,15,17);(H,6,7). The van der Waals surface area contributed by atoms with Gasteiger partial charge in [-0.2, -0.15) is 13.2 Å². The molecule has 1 aliphatic heterocycles. The van der Waals surface area contributed by atoms with Gasteiger partial charge in [-0.05, 0) is 38.1 Å². The minimum Gasteiger partial charge on any atom is -0.475 e. The van der Waals surface area contributed by atoms with Gasteiger partial charge < -0.3 is 15.4 Å². The molecule has 3 N–H and O–H groups in total. The molecule has 0 unspecified atom stereocenters. The van der Waals surface area contributed by atoms with Crippen molar-refractivity contribution in [2.24, 2.45) is 0 Å². The molecule has 1 saturated heterocycles. The summed E-state index contributed by atoms with van der Waals surface area (Å²) >= 11 is 6.09. The van der Waals surface area contributed by atoms with E-state index in [1.54, 1.807) is 6.07 Å². The summed E-state index contributed by atoms with van der Waals surface area (Å²) in [5.74, 6) is -2.76. The number of carboxylic acids is 1. The normalized spacial score (nSPS) is 15.8. The van der Waals surface area contributed by atoms with Gasteiger partial charge in [0.2, 0.25) is 0 Å². The summed E-state index contributed by atoms with van der Waals surface area (Å²) in [4.78, 5) is 23.8. The highest BCUT2D eigenvalue weighted by Crippen LogP contribution is 2.25. The fourth-order valence-corrected chi connectivity index (χ4v) is 2.76. The molecule has 0 radical (unpaired) electrons. The number of alkyl halides is 3. The van der Waals surface area contributed by atoms with Crippen molar-refractivity contribution in [3.63, 3.8) is 0 Å². The fourth-order valence-electron chi connectivity index (χ4n) is 2.54. The van der Waals surface area contributed by atoms with Crippen LogP contribution in [-0.2, 0) is 4.79 Å². The van der Waals surface area contributed by atoms with Gasteiger partial charge in [-0.1, -0.05) is 17.7 Å². The van der Waals surface area contributed by atoms with E-state index in [1.807, 2.05) is 16.7 Å². The minimum absolute atomic E-state index is 0.0556. The van der Waals surface area contributed by atoms with E-state index in [2.05, 4.69) is 10.3 Å². The third kappa shape index (κ3) is 4.09. The van der Waals surface area contributed by atoms with Crippen LogP contribution in [0.1, 0.15) is 18.9 Å². The first-order valence-electron chi connectivity index (χ1n) is 7.11. The van der Waals surface area contributed by atoms with E-state index in [-0.39, 0.29) is 11.7 Å². The molecule has 1 fully saturated rings. The second kappa shape index (κ2) is 7.27. The molecule has 0 atom stereocenters. The second-order valence-electron chi connectivity index (χ2n) is 5.22. The summed E-state index contributed by atoms with van der Waals surface area (Å²) in [6.07, 6.45) is -3.11. The number of piperidine rings is 1. The molecule has 6 nitrogen and oxygen atoms in total. The van der Waals surface area contributed by atoms with Crippen LogP contribution in [-0.4, -0.2) is 39.9 Å². The number of hydrogen-bond donors (Lipinski definition) is 3. The molecule has 132 valence electrons. The van der Waals surface area contributed by atoms with Crippen molar-refractivity contribution >= 4 is 28.6 Å². The van der Waals surface area contributed by atoms with Gasteiger partial charge in [-0.25, -0.2) is 9.59 Å². The third-order valence-corrected chi connectivity index (χ3v) is 3.93. The maximum Gasteiger partial charge on any atom is 0.490 e. The lowest BCUT2D eigenvalue weighted by molar-refractivity contribution is -0.192. The minimum atomic E-state index is -5.08. The van der Waals surface area contributed by atoms with Crippen molar-refractivity contribution in [2.45, 2.75) is 25.1 Å². The van der Waals surface area contributed by atoms with Crippen LogP contribution in [0.3, 0.4) is 0 Å². The molecule has 0 amide bonds. The number of carboxylic acid groups (broad SMARTS) is 1. The van der Waals surface area contributed by atoms with Crippen molar-refractivity contribution in [2.75, 3.05) is 13.1 Å². The van der Waals surface area contributed by atoms with Gasteiger partial charge in [-0.15, -0.1) is 0 Å². The van der Waals surface area contributed by atoms with E-state index in [9.17, 15) is 18.0 Å². The molecule has 0 aliphatic carbocycles. The van der Waals surface area contributed by atoms with E-state index in [1.165, 1.54) is 0 Å². The number of carbonyl (C=O) groups is 1. The number of nitrogens with one attached hydrogen (secondary N) is 2. The van der Waals surface area contributed by atoms with Gasteiger partial charge in [0, 0.05) is 6.04 Å². The number of aliphatic carboxylic acids is 1. The monoisotopic (exact) mass is 365 g/mol. The number of aromatic nitrogens is 2. The Bertz CT molecular complexity index is 779. The van der Waals surface area contributed by atoms with Crippen LogP contribution >= 0.6 is 11.6 Å². The highest BCUT2D eigenvalue weighted by molar-refractivity contribution is 6.34. The number of benzene rings is 1. The van der Waals surface area contributed by atoms with Gasteiger partial charge in [-0.3, -0.25) is 4.57 Å². The molecule has 2 aromatic rings. The van der Waals surface area contributed by atoms with Crippen molar-refractivity contribution in [3.05, 3.63) is 33.7 Å². The van der Waals surface area contributed by atoms with Crippen LogP contribution in [0.4, 0.5) is 13.2 Å². The molecule has 2 heterocycles. The zero-order valence-electron chi connectivity index (χ0n) is 12.4. The van der Waals surface area contributed by atoms with Crippen LogP contribution in [0, 0.1) is 0 Å². The quantitative estimate of drug-likeness (QED) is 0.724. The van der Waals surface area contributed by atoms with Crippen LogP contribution in [0.25, 0.3) is 11.0 Å². The zero-order chi connectivity index (χ0) is 17.9. The Hall–Kier alpha value is -2.00. The van der Waals surface area contributed by atoms with Crippen LogP contribution in [0.2, 0.25) is 5.02 Å². The zero-order valence-corrected chi connectivity index (χ0v) is 13.1. The highest BCUT2D eigenvalue weighted by atomic mass is 35.5. The SMILES string of the molecule is O=C(O)C(F)(F)F.O=c1[nH]c2c(Cl)cccc2n1C1CCNCC1. The number of H-pyrrole nitrogens is 1. The molecule has 24 heavy (non-hydrogen) atoms. The number of nitrogens with zero attached hydrogens (tertiary/aromatic N) is 1. The lowest BCUT2D eigenvalue weighted by Crippen LogP contribution is -2.33. The molecule has 3 rings (SSSR count). The van der Waals surface area contributed by atoms with E-state index in [0.717, 1.165) is 37.0 Å². The average Bonchev–Trinajstić information content (AvgIpc) is 2.85. The van der Waals surface area contributed by atoms with Crippen LogP contribution in [0.5, 0.6) is 0 Å². The molecule has 0 saturated carbocycles. The predicted octanol–water partition coefficient (Wildman–Crippen LogP) is 2.54. The van der Waals surface area contributed by atoms with E-state index >= 15 is 0 Å². The number of rotatable bonds is 1. The summed E-state index contributed by atoms with van der Waals surface area (Å²) in [6, 6.07) is 5.90. The number of para-hydroxylation sites is 1. The summed E-state index contributed by atoms with van der Waals surface area (Å²) in [6.45, 7) is 1.93. The number of aromatic amines is 1. The number of imidazole rings is 1. The highest BCUT2D eigenvalue weighted by Gasteiger charge is 2.38. The third-order valence-electron chi connectivity index (χ3n) is 3.62. The Balaban J connectivity index is 0.000000256. The molecule has 1 aromatic carbocycles. The van der Waals surface area contributed by atoms with E-state index < -0.39 is 12.1 Å². The summed E-state index contributed by atoms with van der Waals surface area (Å²) in [7, 11) is 0. The van der Waals surface area contributed by atoms with Crippen molar-refractivity contribution in [3.8, 4) is 0 Å². The maximum absolute atomic E-state index is 12.0. The largest absolute Gasteiger partial charge is 0.490 e. The van der Waals surface area contributed by atoms with Crippen molar-refractivity contribution in [1.82, 2.24) is 14.9 Å². The van der Waals surface area contributed by atoms with Gasteiger partial charge in [0.05, 0.1) is 16.1 Å². The predicted molar refractivity (Wildman–Crippen MR) is 82.4 cm³/mol. The Labute approximate surface area is 139 Å². The van der Waals surface area contributed by atoms with Gasteiger partial charge in [0.15, 0.2) is 0 Å². The topological polar surface area (TPSA) is 87.1 Å². The number of hydrogen-bond acceptors (Lipinski definition) is 3. The maximum atomic E-state index is 12.0. The van der Waals surface area contributed by atoms with E-state index in [4.69, 9.17) is 21.5 Å². The van der Waals surface area contributed by atoms with Crippen LogP contribution < -0.4 is 11.0 Å². The van der Waals surface area contributed by atoms with Crippen molar-refractivity contribution < 1.29 is 23.1 Å². The van der Waals surface area contributed by atoms with Gasteiger partial charge >= 0.3 is 17.8 Å². The molecular formula is C14H15ClF3N3O3. The number of fused-ring (bicyclic) bond motifs is 1. The molecule has 1 aromatic heterocycles. The van der Waals surface area contributed by atoms with Crippen molar-refractivity contribution in [1.29, 1.82) is 0 Å². The Morgan fingerprint density at radius 2 is 1.88 bits per heavy atom. The number of halogens is 4. The van der Waals surface area contributed by atoms with Gasteiger partial charge in [0.25, 0.3) is 0 Å². The van der Waals surface area contributed by atoms with E-state index in [0.29, 0.717) is 5.02 Å². The first kappa shape index (κ1) is 18.3. The Morgan fingerprint density at radius 1 is 1.29 bits per heavy atom. The van der Waals surface area contributed by atoms with Crippen LogP contribution in [0.15, 0.2) is 23.0 Å². The molecule has 10 heteroatoms.